The summed E-state index contributed by atoms with van der Waals surface area (Å²) in [4.78, 5) is 14.4. The van der Waals surface area contributed by atoms with Crippen molar-refractivity contribution < 1.29 is 8.42 Å². The van der Waals surface area contributed by atoms with Crippen molar-refractivity contribution in [1.29, 1.82) is 0 Å². The summed E-state index contributed by atoms with van der Waals surface area (Å²) < 4.78 is 30.1. The summed E-state index contributed by atoms with van der Waals surface area (Å²) in [6, 6.07) is 9.42. The monoisotopic (exact) mass is 515 g/mol. The highest BCUT2D eigenvalue weighted by Crippen LogP contribution is 2.30. The number of benzene rings is 1. The van der Waals surface area contributed by atoms with Gasteiger partial charge in [0.15, 0.2) is 0 Å². The van der Waals surface area contributed by atoms with Crippen LogP contribution in [0, 0.1) is 0 Å². The molecule has 1 aliphatic heterocycles. The number of likely N-dealkylation sites (tertiary alicyclic amines) is 1. The number of piperidine rings is 1. The maximum Gasteiger partial charge on any atom is 0.243 e. The van der Waals surface area contributed by atoms with Gasteiger partial charge in [-0.3, -0.25) is 9.67 Å². The number of aromatic nitrogens is 3. The molecule has 1 aliphatic rings. The van der Waals surface area contributed by atoms with Crippen LogP contribution >= 0.6 is 11.6 Å². The molecule has 0 spiro atoms. The van der Waals surface area contributed by atoms with Crippen LogP contribution in [0.4, 0.5) is 5.82 Å². The summed E-state index contributed by atoms with van der Waals surface area (Å²) in [5, 5.41) is 4.81. The first-order chi connectivity index (χ1) is 16.8. The lowest BCUT2D eigenvalue weighted by Gasteiger charge is -2.34. The summed E-state index contributed by atoms with van der Waals surface area (Å²) in [5.41, 5.74) is 2.73. The predicted molar refractivity (Wildman–Crippen MR) is 140 cm³/mol. The van der Waals surface area contributed by atoms with Crippen molar-refractivity contribution in [1.82, 2.24) is 24.4 Å². The third-order valence-corrected chi connectivity index (χ3v) is 7.78. The van der Waals surface area contributed by atoms with Gasteiger partial charge >= 0.3 is 0 Å². The van der Waals surface area contributed by atoms with Gasteiger partial charge < -0.3 is 9.88 Å². The molecule has 3 aromatic rings. The van der Waals surface area contributed by atoms with E-state index < -0.39 is 10.0 Å². The topological polar surface area (TPSA) is 108 Å². The maximum absolute atomic E-state index is 12.8. The molecule has 9 nitrogen and oxygen atoms in total. The van der Waals surface area contributed by atoms with Crippen molar-refractivity contribution >= 4 is 40.0 Å². The number of H-pyrrole nitrogens is 1. The highest BCUT2D eigenvalue weighted by molar-refractivity contribution is 7.89. The number of nitrogens with one attached hydrogen (secondary N) is 2. The summed E-state index contributed by atoms with van der Waals surface area (Å²) in [5.74, 6) is 1.44. The van der Waals surface area contributed by atoms with Crippen molar-refractivity contribution in [3.8, 4) is 11.3 Å². The molecule has 0 radical (unpaired) electrons. The Balaban J connectivity index is 1.44. The average Bonchev–Trinajstić information content (AvgIpc) is 3.49. The molecule has 11 heteroatoms. The SMILES string of the molecule is C=Nc1[nH]c(-c2ccc(Cl)cc2)cc1C(=NC)N1CCC(NS(=O)(=O)c2cnn(CCC)c2)CC1. The van der Waals surface area contributed by atoms with Crippen molar-refractivity contribution in [2.24, 2.45) is 9.98 Å². The van der Waals surface area contributed by atoms with E-state index in [1.165, 1.54) is 6.20 Å². The zero-order valence-electron chi connectivity index (χ0n) is 19.9. The molecule has 2 aromatic heterocycles. The van der Waals surface area contributed by atoms with Crippen LogP contribution < -0.4 is 4.72 Å². The van der Waals surface area contributed by atoms with E-state index in [1.807, 2.05) is 37.3 Å². The second-order valence-corrected chi connectivity index (χ2v) is 10.6. The Morgan fingerprint density at radius 2 is 2.00 bits per heavy atom. The molecule has 2 N–H and O–H groups in total. The van der Waals surface area contributed by atoms with E-state index in [0.29, 0.717) is 43.3 Å². The Morgan fingerprint density at radius 3 is 2.63 bits per heavy atom. The largest absolute Gasteiger partial charge is 0.356 e. The molecule has 0 aliphatic carbocycles. The molecule has 1 saturated heterocycles. The predicted octanol–water partition coefficient (Wildman–Crippen LogP) is 4.09. The number of aryl methyl sites for hydroxylation is 1. The van der Waals surface area contributed by atoms with E-state index in [2.05, 4.69) is 36.4 Å². The van der Waals surface area contributed by atoms with Gasteiger partial charge in [0.2, 0.25) is 10.0 Å². The third kappa shape index (κ3) is 5.66. The van der Waals surface area contributed by atoms with Crippen LogP contribution in [0.1, 0.15) is 31.7 Å². The van der Waals surface area contributed by atoms with Gasteiger partial charge in [0, 0.05) is 49.6 Å². The van der Waals surface area contributed by atoms with Crippen LogP contribution in [0.3, 0.4) is 0 Å². The first-order valence-electron chi connectivity index (χ1n) is 11.6. The molecule has 0 bridgehead atoms. The molecule has 0 unspecified atom stereocenters. The number of aromatic amines is 1. The first kappa shape index (κ1) is 25.2. The van der Waals surface area contributed by atoms with Crippen LogP contribution in [0.2, 0.25) is 5.02 Å². The summed E-state index contributed by atoms with van der Waals surface area (Å²) >= 11 is 6.03. The molecule has 0 amide bonds. The van der Waals surface area contributed by atoms with Gasteiger partial charge in [-0.15, -0.1) is 0 Å². The zero-order valence-corrected chi connectivity index (χ0v) is 21.5. The number of nitrogens with zero attached hydrogens (tertiary/aromatic N) is 5. The molecule has 0 atom stereocenters. The fraction of sp³-hybridized carbons (Fsp3) is 0.375. The molecule has 0 saturated carbocycles. The number of rotatable bonds is 8. The van der Waals surface area contributed by atoms with Gasteiger partial charge in [-0.1, -0.05) is 30.7 Å². The van der Waals surface area contributed by atoms with Gasteiger partial charge in [-0.25, -0.2) is 18.1 Å². The second-order valence-electron chi connectivity index (χ2n) is 8.48. The van der Waals surface area contributed by atoms with Crippen LogP contribution in [0.15, 0.2) is 57.6 Å². The normalized spacial score (nSPS) is 15.5. The highest BCUT2D eigenvalue weighted by atomic mass is 35.5. The Hall–Kier alpha value is -2.95. The number of halogens is 1. The smallest absolute Gasteiger partial charge is 0.243 e. The maximum atomic E-state index is 12.8. The lowest BCUT2D eigenvalue weighted by atomic mass is 10.0. The van der Waals surface area contributed by atoms with Gasteiger partial charge in [0.1, 0.15) is 16.5 Å². The van der Waals surface area contributed by atoms with Crippen molar-refractivity contribution in [3.05, 3.63) is 53.3 Å². The minimum absolute atomic E-state index is 0.156. The van der Waals surface area contributed by atoms with Gasteiger partial charge in [-0.2, -0.15) is 5.10 Å². The number of hydrogen-bond donors (Lipinski definition) is 2. The van der Waals surface area contributed by atoms with E-state index in [9.17, 15) is 8.42 Å². The summed E-state index contributed by atoms with van der Waals surface area (Å²) in [6.07, 6.45) is 5.19. The van der Waals surface area contributed by atoms with Crippen LogP contribution in [0.25, 0.3) is 11.3 Å². The molecule has 1 fully saturated rings. The Labute approximate surface area is 211 Å². The van der Waals surface area contributed by atoms with Crippen LogP contribution in [-0.2, 0) is 16.6 Å². The standard InChI is InChI=1S/C24H30ClN7O2S/c1-4-11-32-16-20(15-28-32)35(33,34)30-19-9-12-31(13-10-19)24(27-3)21-14-22(29-23(21)26-2)17-5-7-18(25)8-6-17/h5-8,14-16,19,29-30H,2,4,9-13H2,1,3H3. The Bertz CT molecular complexity index is 1300. The Kier molecular flexibility index (Phi) is 7.73. The van der Waals surface area contributed by atoms with E-state index >= 15 is 0 Å². The van der Waals surface area contributed by atoms with Gasteiger partial charge in [-0.05, 0) is 49.7 Å². The molecule has 35 heavy (non-hydrogen) atoms. The number of aliphatic imine (C=N–C) groups is 2. The van der Waals surface area contributed by atoms with Gasteiger partial charge in [0.05, 0.1) is 11.8 Å². The highest BCUT2D eigenvalue weighted by Gasteiger charge is 2.28. The average molecular weight is 516 g/mol. The first-order valence-corrected chi connectivity index (χ1v) is 13.4. The quantitative estimate of drug-likeness (QED) is 0.348. The number of hydrogen-bond acceptors (Lipinski definition) is 5. The molecular formula is C24H30ClN7O2S. The zero-order chi connectivity index (χ0) is 25.0. The van der Waals surface area contributed by atoms with Crippen molar-refractivity contribution in [3.63, 3.8) is 0 Å². The minimum atomic E-state index is -3.61. The van der Waals surface area contributed by atoms with Crippen molar-refractivity contribution in [2.75, 3.05) is 20.1 Å². The van der Waals surface area contributed by atoms with E-state index in [1.54, 1.807) is 17.9 Å². The summed E-state index contributed by atoms with van der Waals surface area (Å²) in [7, 11) is -1.86. The molecule has 1 aromatic carbocycles. The fourth-order valence-corrected chi connectivity index (χ4v) is 5.67. The van der Waals surface area contributed by atoms with E-state index in [-0.39, 0.29) is 10.9 Å². The Morgan fingerprint density at radius 1 is 1.29 bits per heavy atom. The molecule has 3 heterocycles. The van der Waals surface area contributed by atoms with Crippen LogP contribution in [-0.4, -0.2) is 66.8 Å². The lowest BCUT2D eigenvalue weighted by molar-refractivity contribution is 0.302. The van der Waals surface area contributed by atoms with Crippen LogP contribution in [0.5, 0.6) is 0 Å². The second kappa shape index (κ2) is 10.8. The van der Waals surface area contributed by atoms with Crippen molar-refractivity contribution in [2.45, 2.75) is 43.7 Å². The molecule has 4 rings (SSSR count). The third-order valence-electron chi connectivity index (χ3n) is 6.05. The molecule has 186 valence electrons. The fourth-order valence-electron chi connectivity index (χ4n) is 4.29. The van der Waals surface area contributed by atoms with Gasteiger partial charge in [0.25, 0.3) is 0 Å². The lowest BCUT2D eigenvalue weighted by Crippen LogP contribution is -2.46. The number of sulfonamides is 1. The van der Waals surface area contributed by atoms with E-state index in [4.69, 9.17) is 11.6 Å². The summed E-state index contributed by atoms with van der Waals surface area (Å²) in [6.45, 7) is 7.74. The number of amidine groups is 1. The molecular weight excluding hydrogens is 486 g/mol. The van der Waals surface area contributed by atoms with E-state index in [0.717, 1.165) is 29.1 Å². The minimum Gasteiger partial charge on any atom is -0.356 e.